The number of carbonyl (C=O) groups is 1. The van der Waals surface area contributed by atoms with E-state index < -0.39 is 39.0 Å². The third kappa shape index (κ3) is 2.94. The lowest BCUT2D eigenvalue weighted by Crippen LogP contribution is -2.32. The Morgan fingerprint density at radius 3 is 2.60 bits per heavy atom. The predicted octanol–water partition coefficient (Wildman–Crippen LogP) is 1.96. The van der Waals surface area contributed by atoms with Crippen molar-refractivity contribution in [2.24, 2.45) is 4.99 Å². The topological polar surface area (TPSA) is 83.8 Å². The Labute approximate surface area is 148 Å². The molecule has 1 aliphatic heterocycles. The summed E-state index contributed by atoms with van der Waals surface area (Å²) in [5, 5.41) is 9.36. The first-order chi connectivity index (χ1) is 11.7. The van der Waals surface area contributed by atoms with Crippen LogP contribution in [0.5, 0.6) is 0 Å². The molecule has 0 aromatic heterocycles. The van der Waals surface area contributed by atoms with Crippen molar-refractivity contribution >= 4 is 33.0 Å². The Morgan fingerprint density at radius 2 is 1.96 bits per heavy atom. The molecule has 1 heterocycles. The van der Waals surface area contributed by atoms with Crippen LogP contribution in [0.4, 0.5) is 4.39 Å². The number of sulfone groups is 1. The van der Waals surface area contributed by atoms with E-state index in [-0.39, 0.29) is 26.1 Å². The van der Waals surface area contributed by atoms with Crippen molar-refractivity contribution in [1.29, 1.82) is 0 Å². The van der Waals surface area contributed by atoms with Crippen LogP contribution in [0.3, 0.4) is 0 Å². The highest BCUT2D eigenvalue weighted by molar-refractivity contribution is 7.91. The van der Waals surface area contributed by atoms with Gasteiger partial charge in [0.05, 0.1) is 27.7 Å². The van der Waals surface area contributed by atoms with Crippen molar-refractivity contribution in [2.45, 2.75) is 29.2 Å². The summed E-state index contributed by atoms with van der Waals surface area (Å²) in [5.41, 5.74) is 0.257. The zero-order valence-corrected chi connectivity index (χ0v) is 14.6. The van der Waals surface area contributed by atoms with Crippen LogP contribution in [0.15, 0.2) is 51.2 Å². The number of hydrogen-bond acceptors (Lipinski definition) is 4. The summed E-state index contributed by atoms with van der Waals surface area (Å²) in [5.74, 6) is -2.11. The third-order valence-electron chi connectivity index (χ3n) is 3.98. The molecule has 2 aromatic carbocycles. The van der Waals surface area contributed by atoms with Gasteiger partial charge in [-0.05, 0) is 36.8 Å². The van der Waals surface area contributed by atoms with Gasteiger partial charge < -0.3 is 5.11 Å². The van der Waals surface area contributed by atoms with E-state index in [9.17, 15) is 17.6 Å². The van der Waals surface area contributed by atoms with Crippen LogP contribution in [0.25, 0.3) is 5.57 Å². The first kappa shape index (κ1) is 17.6. The molecule has 0 amide bonds. The van der Waals surface area contributed by atoms with E-state index in [2.05, 4.69) is 4.99 Å². The van der Waals surface area contributed by atoms with Crippen molar-refractivity contribution < 1.29 is 22.7 Å². The van der Waals surface area contributed by atoms with E-state index in [0.29, 0.717) is 0 Å². The quantitative estimate of drug-likeness (QED) is 0.877. The number of hydrogen-bond donors (Lipinski definition) is 1. The molecule has 2 aromatic rings. The summed E-state index contributed by atoms with van der Waals surface area (Å²) in [7, 11) is -4.30. The Hall–Kier alpha value is -2.25. The first-order valence-corrected chi connectivity index (χ1v) is 9.20. The Bertz CT molecular complexity index is 1110. The number of halogens is 2. The van der Waals surface area contributed by atoms with Gasteiger partial charge in [-0.25, -0.2) is 12.8 Å². The molecule has 1 unspecified atom stereocenters. The van der Waals surface area contributed by atoms with E-state index in [0.717, 1.165) is 6.07 Å². The van der Waals surface area contributed by atoms with Gasteiger partial charge in [0.25, 0.3) is 0 Å². The highest BCUT2D eigenvalue weighted by Crippen LogP contribution is 2.28. The fourth-order valence-corrected chi connectivity index (χ4v) is 4.97. The smallest absolute Gasteiger partial charge is 0.307 e. The molecule has 1 aliphatic rings. The average molecular weight is 382 g/mol. The predicted molar refractivity (Wildman–Crippen MR) is 89.2 cm³/mol. The molecule has 1 N–H and O–H groups in total. The molecule has 0 fully saturated rings. The van der Waals surface area contributed by atoms with Gasteiger partial charge in [-0.3, -0.25) is 9.79 Å². The van der Waals surface area contributed by atoms with Crippen LogP contribution in [0.2, 0.25) is 5.02 Å². The lowest BCUT2D eigenvalue weighted by atomic mass is 10.0. The number of rotatable bonds is 4. The number of fused-ring (bicyclic) bond motifs is 1. The van der Waals surface area contributed by atoms with Crippen molar-refractivity contribution in [3.8, 4) is 0 Å². The molecule has 0 saturated heterocycles. The number of carboxylic acids is 1. The number of benzene rings is 2. The Kier molecular flexibility index (Phi) is 4.38. The monoisotopic (exact) mass is 381 g/mol. The van der Waals surface area contributed by atoms with E-state index in [1.807, 2.05) is 0 Å². The molecular weight excluding hydrogens is 369 g/mol. The molecular formula is C17H13ClFNO4S. The minimum absolute atomic E-state index is 0.0230. The molecule has 0 aliphatic carbocycles. The normalized spacial score (nSPS) is 16.4. The second-order valence-corrected chi connectivity index (χ2v) is 7.87. The Balaban J connectivity index is 2.43. The van der Waals surface area contributed by atoms with Gasteiger partial charge >= 0.3 is 5.97 Å². The van der Waals surface area contributed by atoms with Gasteiger partial charge in [0.15, 0.2) is 0 Å². The molecule has 0 saturated carbocycles. The maximum absolute atomic E-state index is 14.6. The summed E-state index contributed by atoms with van der Waals surface area (Å²) >= 11 is 5.99. The molecule has 5 nitrogen and oxygen atoms in total. The van der Waals surface area contributed by atoms with Crippen molar-refractivity contribution in [1.82, 2.24) is 0 Å². The number of carboxylic acid groups (broad SMARTS) is 1. The maximum atomic E-state index is 14.6. The first-order valence-electron chi connectivity index (χ1n) is 7.34. The molecule has 0 radical (unpaired) electrons. The number of aliphatic carboxylic acids is 1. The van der Waals surface area contributed by atoms with Gasteiger partial charge in [-0.15, -0.1) is 0 Å². The van der Waals surface area contributed by atoms with Crippen molar-refractivity contribution in [2.75, 3.05) is 0 Å². The fourth-order valence-electron chi connectivity index (χ4n) is 2.89. The highest BCUT2D eigenvalue weighted by Gasteiger charge is 2.30. The zero-order chi connectivity index (χ0) is 18.4. The van der Waals surface area contributed by atoms with Crippen LogP contribution in [0.1, 0.15) is 13.3 Å². The second-order valence-electron chi connectivity index (χ2n) is 5.61. The van der Waals surface area contributed by atoms with Crippen LogP contribution < -0.4 is 10.6 Å². The molecule has 3 rings (SSSR count). The standard InChI is InChI=1S/C17H13ClFNO4S/c1-9-10(8-15(21)22)16-13(20-9)7-6-12(19)17(16)25(23,24)14-5-3-2-4-11(14)18/h2-7,9H,8H2,1H3,(H,21,22). The van der Waals surface area contributed by atoms with E-state index in [4.69, 9.17) is 16.7 Å². The summed E-state index contributed by atoms with van der Waals surface area (Å²) in [6.07, 6.45) is -0.424. The van der Waals surface area contributed by atoms with Gasteiger partial charge in [0, 0.05) is 5.22 Å². The Morgan fingerprint density at radius 1 is 1.28 bits per heavy atom. The summed E-state index contributed by atoms with van der Waals surface area (Å²) in [6.45, 7) is 1.64. The zero-order valence-electron chi connectivity index (χ0n) is 13.0. The molecule has 8 heteroatoms. The lowest BCUT2D eigenvalue weighted by Gasteiger charge is -2.10. The van der Waals surface area contributed by atoms with E-state index in [1.165, 1.54) is 24.3 Å². The highest BCUT2D eigenvalue weighted by atomic mass is 35.5. The minimum atomic E-state index is -4.30. The van der Waals surface area contributed by atoms with Crippen molar-refractivity contribution in [3.05, 3.63) is 57.8 Å². The molecule has 25 heavy (non-hydrogen) atoms. The third-order valence-corrected chi connectivity index (χ3v) is 6.30. The summed E-state index contributed by atoms with van der Waals surface area (Å²) in [6, 6.07) is 7.53. The van der Waals surface area contributed by atoms with Gasteiger partial charge in [0.1, 0.15) is 10.7 Å². The van der Waals surface area contributed by atoms with Crippen molar-refractivity contribution in [3.63, 3.8) is 0 Å². The lowest BCUT2D eigenvalue weighted by molar-refractivity contribution is -0.135. The van der Waals surface area contributed by atoms with Crippen LogP contribution in [-0.2, 0) is 14.6 Å². The number of nitrogens with zero attached hydrogens (tertiary/aromatic N) is 1. The maximum Gasteiger partial charge on any atom is 0.307 e. The van der Waals surface area contributed by atoms with Gasteiger partial charge in [0.2, 0.25) is 9.84 Å². The average Bonchev–Trinajstić information content (AvgIpc) is 2.83. The largest absolute Gasteiger partial charge is 0.481 e. The molecule has 130 valence electrons. The van der Waals surface area contributed by atoms with Crippen LogP contribution >= 0.6 is 11.6 Å². The van der Waals surface area contributed by atoms with E-state index in [1.54, 1.807) is 13.0 Å². The minimum Gasteiger partial charge on any atom is -0.481 e. The molecule has 1 atom stereocenters. The summed E-state index contributed by atoms with van der Waals surface area (Å²) in [4.78, 5) is 14.6. The van der Waals surface area contributed by atoms with E-state index >= 15 is 0 Å². The van der Waals surface area contributed by atoms with Gasteiger partial charge in [-0.1, -0.05) is 23.7 Å². The SMILES string of the molecule is CC1N=c2ccc(F)c(S(=O)(=O)c3ccccc3Cl)c2=C1CC(=O)O. The van der Waals surface area contributed by atoms with Crippen LogP contribution in [-0.4, -0.2) is 25.5 Å². The molecule has 0 bridgehead atoms. The fraction of sp³-hybridized carbons (Fsp3) is 0.176. The second kappa shape index (κ2) is 6.24. The molecule has 0 spiro atoms. The summed E-state index contributed by atoms with van der Waals surface area (Å²) < 4.78 is 40.7. The van der Waals surface area contributed by atoms with Gasteiger partial charge in [-0.2, -0.15) is 0 Å². The van der Waals surface area contributed by atoms with Crippen LogP contribution in [0, 0.1) is 5.82 Å².